The number of hydrogen-bond acceptors (Lipinski definition) is 4. The summed E-state index contributed by atoms with van der Waals surface area (Å²) in [5.74, 6) is 2.24. The predicted octanol–water partition coefficient (Wildman–Crippen LogP) is 7.40. The minimum Gasteiger partial charge on any atom is -0.393 e. The first kappa shape index (κ1) is 33.2. The highest BCUT2D eigenvalue weighted by Crippen LogP contribution is 2.68. The minimum atomic E-state index is -0.358. The Hall–Kier alpha value is -0.650. The number of rotatable bonds is 15. The third kappa shape index (κ3) is 7.36. The van der Waals surface area contributed by atoms with Crippen LogP contribution in [0.2, 0.25) is 0 Å². The van der Waals surface area contributed by atoms with Crippen molar-refractivity contribution in [3.63, 3.8) is 0 Å². The van der Waals surface area contributed by atoms with Crippen LogP contribution in [0.1, 0.15) is 150 Å². The maximum atomic E-state index is 12.7. The Bertz CT molecular complexity index is 819. The number of hydrogen-bond donors (Lipinski definition) is 4. The van der Waals surface area contributed by atoms with Gasteiger partial charge in [-0.05, 0) is 104 Å². The van der Waals surface area contributed by atoms with Crippen molar-refractivity contribution in [3.8, 4) is 0 Å². The second-order valence-electron chi connectivity index (χ2n) is 15.6. The maximum absolute atomic E-state index is 12.7. The number of aliphatic hydroxyl groups excluding tert-OH is 3. The SMILES string of the molecule is CCCCCCCCCCCCNC(=O)CCC(C)[C@H]1CC[C@H]2C3C(O)CC4C[C@H](O)CC[C@]4(C)[C@H]3C[C@H](O)[C@]12C. The molecule has 4 fully saturated rings. The molecule has 0 aromatic carbocycles. The van der Waals surface area contributed by atoms with E-state index in [9.17, 15) is 20.1 Å². The molecule has 5 nitrogen and oxygen atoms in total. The number of aliphatic hydroxyl groups is 3. The van der Waals surface area contributed by atoms with E-state index in [1.165, 1.54) is 57.8 Å². The standard InChI is InChI=1S/C36H65NO4/c1-5-6-7-8-9-10-11-12-13-14-21-37-33(41)18-15-25(2)28-16-17-29-34-30(24-32(40)36(28,29)4)35(3)20-19-27(38)22-26(35)23-31(34)39/h25-32,34,38-40H,5-24H2,1-4H3,(H,37,41)/t25?,26?,27-,28-,29+,30+,31?,32+,34?,35+,36-/m1/s1. The summed E-state index contributed by atoms with van der Waals surface area (Å²) < 4.78 is 0. The summed E-state index contributed by atoms with van der Waals surface area (Å²) in [5.41, 5.74) is -0.0765. The highest BCUT2D eigenvalue weighted by Gasteiger charge is 2.65. The van der Waals surface area contributed by atoms with Crippen molar-refractivity contribution in [2.75, 3.05) is 6.54 Å². The molecule has 0 aromatic rings. The van der Waals surface area contributed by atoms with E-state index in [2.05, 4.69) is 33.0 Å². The molecular weight excluding hydrogens is 510 g/mol. The third-order valence-corrected chi connectivity index (χ3v) is 13.2. The van der Waals surface area contributed by atoms with Crippen LogP contribution in [0.3, 0.4) is 0 Å². The maximum Gasteiger partial charge on any atom is 0.220 e. The van der Waals surface area contributed by atoms with Crippen LogP contribution in [0.25, 0.3) is 0 Å². The molecular formula is C36H65NO4. The summed E-state index contributed by atoms with van der Waals surface area (Å²) in [4.78, 5) is 12.7. The van der Waals surface area contributed by atoms with Crippen molar-refractivity contribution in [3.05, 3.63) is 0 Å². The summed E-state index contributed by atoms with van der Waals surface area (Å²) in [5, 5.41) is 36.8. The fourth-order valence-electron chi connectivity index (χ4n) is 10.6. The van der Waals surface area contributed by atoms with Gasteiger partial charge in [0.25, 0.3) is 0 Å². The van der Waals surface area contributed by atoms with E-state index in [0.717, 1.165) is 64.3 Å². The lowest BCUT2D eigenvalue weighted by atomic mass is 9.43. The van der Waals surface area contributed by atoms with Crippen LogP contribution >= 0.6 is 0 Å². The smallest absolute Gasteiger partial charge is 0.220 e. The molecule has 0 radical (unpaired) electrons. The zero-order valence-electron chi connectivity index (χ0n) is 27.1. The third-order valence-electron chi connectivity index (χ3n) is 13.2. The fourth-order valence-corrected chi connectivity index (χ4v) is 10.6. The first-order valence-electron chi connectivity index (χ1n) is 17.9. The van der Waals surface area contributed by atoms with E-state index in [4.69, 9.17) is 0 Å². The average Bonchev–Trinajstić information content (AvgIpc) is 3.30. The van der Waals surface area contributed by atoms with Crippen LogP contribution in [0.4, 0.5) is 0 Å². The van der Waals surface area contributed by atoms with Crippen molar-refractivity contribution in [1.82, 2.24) is 5.32 Å². The van der Waals surface area contributed by atoms with Crippen molar-refractivity contribution in [2.24, 2.45) is 46.3 Å². The number of fused-ring (bicyclic) bond motifs is 5. The van der Waals surface area contributed by atoms with Crippen LogP contribution in [-0.2, 0) is 4.79 Å². The van der Waals surface area contributed by atoms with E-state index < -0.39 is 0 Å². The Morgan fingerprint density at radius 2 is 1.51 bits per heavy atom. The summed E-state index contributed by atoms with van der Waals surface area (Å²) >= 11 is 0. The van der Waals surface area contributed by atoms with Gasteiger partial charge < -0.3 is 20.6 Å². The van der Waals surface area contributed by atoms with Gasteiger partial charge in [-0.25, -0.2) is 0 Å². The van der Waals surface area contributed by atoms with Gasteiger partial charge in [0.15, 0.2) is 0 Å². The molecule has 0 aliphatic heterocycles. The lowest BCUT2D eigenvalue weighted by molar-refractivity contribution is -0.207. The molecule has 4 rings (SSSR count). The lowest BCUT2D eigenvalue weighted by Gasteiger charge is -2.63. The van der Waals surface area contributed by atoms with E-state index in [0.29, 0.717) is 36.0 Å². The quantitative estimate of drug-likeness (QED) is 0.153. The molecule has 4 aliphatic rings. The van der Waals surface area contributed by atoms with Crippen LogP contribution in [0.5, 0.6) is 0 Å². The molecule has 238 valence electrons. The number of unbranched alkanes of at least 4 members (excludes halogenated alkanes) is 9. The van der Waals surface area contributed by atoms with Gasteiger partial charge in [-0.3, -0.25) is 4.79 Å². The summed E-state index contributed by atoms with van der Waals surface area (Å²) in [6.45, 7) is 10.1. The lowest BCUT2D eigenvalue weighted by Crippen LogP contribution is -2.62. The Morgan fingerprint density at radius 3 is 2.20 bits per heavy atom. The summed E-state index contributed by atoms with van der Waals surface area (Å²) in [6.07, 6.45) is 20.0. The molecule has 4 saturated carbocycles. The average molecular weight is 576 g/mol. The molecule has 0 aromatic heterocycles. The number of amides is 1. The second-order valence-corrected chi connectivity index (χ2v) is 15.6. The molecule has 11 atom stereocenters. The molecule has 4 unspecified atom stereocenters. The van der Waals surface area contributed by atoms with Crippen LogP contribution in [0, 0.1) is 46.3 Å². The molecule has 1 amide bonds. The van der Waals surface area contributed by atoms with Gasteiger partial charge in [-0.15, -0.1) is 0 Å². The Labute approximate surface area is 252 Å². The van der Waals surface area contributed by atoms with Crippen molar-refractivity contribution < 1.29 is 20.1 Å². The second kappa shape index (κ2) is 14.9. The van der Waals surface area contributed by atoms with Crippen LogP contribution in [0.15, 0.2) is 0 Å². The van der Waals surface area contributed by atoms with Gasteiger partial charge >= 0.3 is 0 Å². The molecule has 0 heterocycles. The first-order chi connectivity index (χ1) is 19.6. The van der Waals surface area contributed by atoms with Gasteiger partial charge in [0, 0.05) is 13.0 Å². The van der Waals surface area contributed by atoms with Crippen molar-refractivity contribution >= 4 is 5.91 Å². The summed E-state index contributed by atoms with van der Waals surface area (Å²) in [6, 6.07) is 0. The topological polar surface area (TPSA) is 89.8 Å². The zero-order chi connectivity index (χ0) is 29.6. The first-order valence-corrected chi connectivity index (χ1v) is 17.9. The molecule has 4 aliphatic carbocycles. The van der Waals surface area contributed by atoms with E-state index in [-0.39, 0.29) is 41.0 Å². The number of carbonyl (C=O) groups is 1. The molecule has 41 heavy (non-hydrogen) atoms. The number of carbonyl (C=O) groups excluding carboxylic acids is 1. The van der Waals surface area contributed by atoms with Crippen LogP contribution < -0.4 is 5.32 Å². The highest BCUT2D eigenvalue weighted by atomic mass is 16.3. The Kier molecular flexibility index (Phi) is 12.1. The predicted molar refractivity (Wildman–Crippen MR) is 167 cm³/mol. The fraction of sp³-hybridized carbons (Fsp3) is 0.972. The Balaban J connectivity index is 1.20. The molecule has 0 saturated heterocycles. The summed E-state index contributed by atoms with van der Waals surface area (Å²) in [7, 11) is 0. The van der Waals surface area contributed by atoms with E-state index >= 15 is 0 Å². The molecule has 5 heteroatoms. The highest BCUT2D eigenvalue weighted by molar-refractivity contribution is 5.75. The molecule has 0 spiro atoms. The molecule has 4 N–H and O–H groups in total. The van der Waals surface area contributed by atoms with E-state index in [1.807, 2.05) is 0 Å². The van der Waals surface area contributed by atoms with Gasteiger partial charge in [0.2, 0.25) is 5.91 Å². The Morgan fingerprint density at radius 1 is 0.854 bits per heavy atom. The van der Waals surface area contributed by atoms with Crippen LogP contribution in [-0.4, -0.2) is 46.1 Å². The van der Waals surface area contributed by atoms with Gasteiger partial charge in [-0.2, -0.15) is 0 Å². The minimum absolute atomic E-state index is 0.113. The van der Waals surface area contributed by atoms with E-state index in [1.54, 1.807) is 0 Å². The van der Waals surface area contributed by atoms with Gasteiger partial charge in [-0.1, -0.05) is 85.5 Å². The number of nitrogens with one attached hydrogen (secondary N) is 1. The largest absolute Gasteiger partial charge is 0.393 e. The van der Waals surface area contributed by atoms with Crippen molar-refractivity contribution in [1.29, 1.82) is 0 Å². The zero-order valence-corrected chi connectivity index (χ0v) is 27.1. The van der Waals surface area contributed by atoms with Gasteiger partial charge in [0.1, 0.15) is 0 Å². The van der Waals surface area contributed by atoms with Crippen molar-refractivity contribution in [2.45, 2.75) is 168 Å². The monoisotopic (exact) mass is 575 g/mol. The molecule has 0 bridgehead atoms. The normalized spacial score (nSPS) is 40.9. The van der Waals surface area contributed by atoms with Gasteiger partial charge in [0.05, 0.1) is 18.3 Å².